The summed E-state index contributed by atoms with van der Waals surface area (Å²) < 4.78 is 0. The molecular weight excluding hydrogens is 240 g/mol. The van der Waals surface area contributed by atoms with Gasteiger partial charge in [-0.05, 0) is 49.4 Å². The van der Waals surface area contributed by atoms with Crippen LogP contribution in [0.4, 0.5) is 0 Å². The van der Waals surface area contributed by atoms with Crippen molar-refractivity contribution < 1.29 is 9.59 Å². The highest BCUT2D eigenvalue weighted by molar-refractivity contribution is 6.05. The molecular formula is C15H22N2O2. The van der Waals surface area contributed by atoms with Gasteiger partial charge in [0.2, 0.25) is 11.8 Å². The Morgan fingerprint density at radius 1 is 1.21 bits per heavy atom. The van der Waals surface area contributed by atoms with Gasteiger partial charge in [0.05, 0.1) is 12.5 Å². The molecule has 1 N–H and O–H groups in total. The molecule has 1 aliphatic heterocycles. The molecule has 2 bridgehead atoms. The van der Waals surface area contributed by atoms with Crippen LogP contribution in [0.5, 0.6) is 0 Å². The third-order valence-corrected chi connectivity index (χ3v) is 5.82. The van der Waals surface area contributed by atoms with E-state index in [1.807, 2.05) is 6.92 Å². The lowest BCUT2D eigenvalue weighted by Gasteiger charge is -2.16. The second-order valence-electron chi connectivity index (χ2n) is 6.82. The first kappa shape index (κ1) is 11.9. The zero-order valence-electron chi connectivity index (χ0n) is 11.5. The predicted octanol–water partition coefficient (Wildman–Crippen LogP) is 1.16. The minimum absolute atomic E-state index is 0.0122. The maximum Gasteiger partial charge on any atom is 0.246 e. The molecule has 5 unspecified atom stereocenters. The van der Waals surface area contributed by atoms with Gasteiger partial charge in [0.1, 0.15) is 0 Å². The Morgan fingerprint density at radius 2 is 1.89 bits per heavy atom. The zero-order valence-corrected chi connectivity index (χ0v) is 11.5. The highest BCUT2D eigenvalue weighted by atomic mass is 16.2. The first-order valence-electron chi connectivity index (χ1n) is 7.81. The molecule has 4 nitrogen and oxygen atoms in total. The van der Waals surface area contributed by atoms with Gasteiger partial charge < -0.3 is 5.32 Å². The van der Waals surface area contributed by atoms with Gasteiger partial charge in [0.25, 0.3) is 0 Å². The minimum atomic E-state index is -0.228. The first-order chi connectivity index (χ1) is 9.20. The number of carbonyl (C=O) groups is 2. The van der Waals surface area contributed by atoms with Crippen LogP contribution < -0.4 is 5.32 Å². The molecule has 19 heavy (non-hydrogen) atoms. The number of hydrogen-bond acceptors (Lipinski definition) is 3. The van der Waals surface area contributed by atoms with Crippen molar-refractivity contribution in [3.8, 4) is 0 Å². The van der Waals surface area contributed by atoms with E-state index in [1.54, 1.807) is 0 Å². The fourth-order valence-corrected chi connectivity index (χ4v) is 5.05. The third-order valence-electron chi connectivity index (χ3n) is 5.82. The van der Waals surface area contributed by atoms with Crippen LogP contribution in [-0.4, -0.2) is 35.3 Å². The standard InChI is InChI=1S/C15H22N2O2/c1-2-5-17-11(18)7-10(15(17)19)16-14-12-8-3-4-9(6-8)13(12)14/h8-10,12-14,16H,2-7H2,1H3. The molecule has 0 aromatic heterocycles. The summed E-state index contributed by atoms with van der Waals surface area (Å²) in [5.74, 6) is 3.49. The van der Waals surface area contributed by atoms with Crippen molar-refractivity contribution in [2.75, 3.05) is 6.54 Å². The van der Waals surface area contributed by atoms with Gasteiger partial charge >= 0.3 is 0 Å². The molecule has 5 atom stereocenters. The van der Waals surface area contributed by atoms with E-state index in [0.29, 0.717) is 19.0 Å². The van der Waals surface area contributed by atoms with Gasteiger partial charge in [-0.1, -0.05) is 6.92 Å². The molecule has 4 rings (SSSR count). The number of hydrogen-bond donors (Lipinski definition) is 1. The summed E-state index contributed by atoms with van der Waals surface area (Å²) in [6, 6.07) is 0.309. The van der Waals surface area contributed by atoms with Crippen molar-refractivity contribution in [2.45, 2.75) is 51.1 Å². The minimum Gasteiger partial charge on any atom is -0.302 e. The molecule has 1 saturated heterocycles. The number of amides is 2. The van der Waals surface area contributed by atoms with Crippen molar-refractivity contribution in [1.29, 1.82) is 0 Å². The van der Waals surface area contributed by atoms with Gasteiger partial charge in [0, 0.05) is 12.6 Å². The van der Waals surface area contributed by atoms with E-state index in [0.717, 1.165) is 30.1 Å². The summed E-state index contributed by atoms with van der Waals surface area (Å²) in [6.45, 7) is 2.59. The number of imide groups is 1. The fraction of sp³-hybridized carbons (Fsp3) is 0.867. The number of nitrogens with zero attached hydrogens (tertiary/aromatic N) is 1. The van der Waals surface area contributed by atoms with Crippen molar-refractivity contribution in [3.05, 3.63) is 0 Å². The van der Waals surface area contributed by atoms with Crippen LogP contribution in [-0.2, 0) is 9.59 Å². The Morgan fingerprint density at radius 3 is 2.53 bits per heavy atom. The number of nitrogens with one attached hydrogen (secondary N) is 1. The molecule has 1 heterocycles. The van der Waals surface area contributed by atoms with Crippen LogP contribution in [0.25, 0.3) is 0 Å². The lowest BCUT2D eigenvalue weighted by molar-refractivity contribution is -0.138. The zero-order chi connectivity index (χ0) is 13.1. The third kappa shape index (κ3) is 1.62. The Labute approximate surface area is 113 Å². The van der Waals surface area contributed by atoms with Crippen LogP contribution >= 0.6 is 0 Å². The van der Waals surface area contributed by atoms with Crippen LogP contribution in [0.1, 0.15) is 39.0 Å². The molecule has 104 valence electrons. The fourth-order valence-electron chi connectivity index (χ4n) is 5.05. The SMILES string of the molecule is CCCN1C(=O)CC(NC2C3C4CCC(C4)C23)C1=O. The van der Waals surface area contributed by atoms with Crippen molar-refractivity contribution in [2.24, 2.45) is 23.7 Å². The predicted molar refractivity (Wildman–Crippen MR) is 70.2 cm³/mol. The number of likely N-dealkylation sites (tertiary alicyclic amines) is 1. The first-order valence-corrected chi connectivity index (χ1v) is 7.81. The smallest absolute Gasteiger partial charge is 0.246 e. The van der Waals surface area contributed by atoms with E-state index in [4.69, 9.17) is 0 Å². The number of fused-ring (bicyclic) bond motifs is 5. The van der Waals surface area contributed by atoms with E-state index in [2.05, 4.69) is 5.32 Å². The Balaban J connectivity index is 1.40. The second kappa shape index (κ2) is 4.05. The van der Waals surface area contributed by atoms with E-state index >= 15 is 0 Å². The topological polar surface area (TPSA) is 49.4 Å². The maximum atomic E-state index is 12.2. The molecule has 0 radical (unpaired) electrons. The van der Waals surface area contributed by atoms with Crippen LogP contribution in [0.15, 0.2) is 0 Å². The van der Waals surface area contributed by atoms with Gasteiger partial charge in [-0.2, -0.15) is 0 Å². The van der Waals surface area contributed by atoms with E-state index < -0.39 is 0 Å². The van der Waals surface area contributed by atoms with Crippen LogP contribution in [0.3, 0.4) is 0 Å². The Bertz CT molecular complexity index is 420. The molecule has 3 saturated carbocycles. The Kier molecular flexibility index (Phi) is 2.53. The summed E-state index contributed by atoms with van der Waals surface area (Å²) in [4.78, 5) is 25.5. The molecule has 2 amide bonds. The summed E-state index contributed by atoms with van der Waals surface area (Å²) in [5, 5.41) is 3.51. The number of carbonyl (C=O) groups excluding carboxylic acids is 2. The number of rotatable bonds is 4. The van der Waals surface area contributed by atoms with Gasteiger partial charge in [-0.3, -0.25) is 14.5 Å². The summed E-state index contributed by atoms with van der Waals surface area (Å²) in [5.41, 5.74) is 0. The lowest BCUT2D eigenvalue weighted by atomic mass is 10.0. The second-order valence-corrected chi connectivity index (χ2v) is 6.82. The highest BCUT2D eigenvalue weighted by Gasteiger charge is 2.65. The molecule has 4 aliphatic rings. The molecule has 0 spiro atoms. The van der Waals surface area contributed by atoms with E-state index in [1.165, 1.54) is 24.2 Å². The van der Waals surface area contributed by atoms with Crippen molar-refractivity contribution >= 4 is 11.8 Å². The van der Waals surface area contributed by atoms with Crippen molar-refractivity contribution in [1.82, 2.24) is 10.2 Å². The largest absolute Gasteiger partial charge is 0.302 e. The maximum absolute atomic E-state index is 12.2. The lowest BCUT2D eigenvalue weighted by Crippen LogP contribution is -2.41. The summed E-state index contributed by atoms with van der Waals surface area (Å²) in [7, 11) is 0. The van der Waals surface area contributed by atoms with Gasteiger partial charge in [-0.15, -0.1) is 0 Å². The molecule has 0 aromatic rings. The van der Waals surface area contributed by atoms with Crippen molar-refractivity contribution in [3.63, 3.8) is 0 Å². The summed E-state index contributed by atoms with van der Waals surface area (Å²) in [6.07, 6.45) is 5.44. The van der Waals surface area contributed by atoms with Crippen LogP contribution in [0, 0.1) is 23.7 Å². The molecule has 3 aliphatic carbocycles. The quantitative estimate of drug-likeness (QED) is 0.773. The Hall–Kier alpha value is -0.900. The average Bonchev–Trinajstić information content (AvgIpc) is 2.73. The monoisotopic (exact) mass is 262 g/mol. The van der Waals surface area contributed by atoms with E-state index in [-0.39, 0.29) is 17.9 Å². The van der Waals surface area contributed by atoms with Crippen LogP contribution in [0.2, 0.25) is 0 Å². The average molecular weight is 262 g/mol. The summed E-state index contributed by atoms with van der Waals surface area (Å²) >= 11 is 0. The molecule has 0 aromatic carbocycles. The molecule has 4 heteroatoms. The molecule has 4 fully saturated rings. The normalized spacial score (nSPS) is 47.1. The van der Waals surface area contributed by atoms with E-state index in [9.17, 15) is 9.59 Å². The highest BCUT2D eigenvalue weighted by Crippen LogP contribution is 2.65. The van der Waals surface area contributed by atoms with Gasteiger partial charge in [-0.25, -0.2) is 0 Å². The van der Waals surface area contributed by atoms with Gasteiger partial charge in [0.15, 0.2) is 0 Å².